The summed E-state index contributed by atoms with van der Waals surface area (Å²) in [5.74, 6) is 0. The number of benzene rings is 2. The summed E-state index contributed by atoms with van der Waals surface area (Å²) in [6.07, 6.45) is 0. The largest absolute Gasteiger partial charge is 0.107 e. The third kappa shape index (κ3) is 3.96. The molecule has 2 rings (SSSR count). The van der Waals surface area contributed by atoms with E-state index in [1.807, 2.05) is 0 Å². The highest BCUT2D eigenvalue weighted by molar-refractivity contribution is 6.94. The molecule has 2 heteroatoms. The molecule has 0 spiro atoms. The van der Waals surface area contributed by atoms with E-state index >= 15 is 0 Å². The lowest BCUT2D eigenvalue weighted by atomic mass is 9.78. The maximum atomic E-state index is 4.02. The Morgan fingerprint density at radius 2 is 0.920 bits per heavy atom. The van der Waals surface area contributed by atoms with E-state index in [0.717, 1.165) is 0 Å². The van der Waals surface area contributed by atoms with Gasteiger partial charge in [-0.15, -0.1) is 13.2 Å². The fourth-order valence-corrected chi connectivity index (χ4v) is 5.56. The van der Waals surface area contributed by atoms with Crippen molar-refractivity contribution < 1.29 is 0 Å². The van der Waals surface area contributed by atoms with Gasteiger partial charge in [0.25, 0.3) is 0 Å². The second-order valence-corrected chi connectivity index (χ2v) is 17.5. The van der Waals surface area contributed by atoms with E-state index < -0.39 is 16.1 Å². The average Bonchev–Trinajstić information content (AvgIpc) is 2.62. The molecule has 0 amide bonds. The van der Waals surface area contributed by atoms with Gasteiger partial charge >= 0.3 is 0 Å². The minimum Gasteiger partial charge on any atom is -0.107 e. The molecular weight excluding hydrogens is 332 g/mol. The Morgan fingerprint density at radius 3 is 1.16 bits per heavy atom. The monoisotopic (exact) mass is 364 g/mol. The SMILES string of the molecule is C=C[Si](C)(C)c1ccc(C(C)(C)c2ccc([Si](C)(C)C=C)cc2)cc1. The zero-order chi connectivity index (χ0) is 18.9. The Labute approximate surface area is 156 Å². The van der Waals surface area contributed by atoms with E-state index in [1.165, 1.54) is 21.5 Å². The van der Waals surface area contributed by atoms with E-state index in [0.29, 0.717) is 0 Å². The summed E-state index contributed by atoms with van der Waals surface area (Å²) in [7, 11) is -2.98. The lowest BCUT2D eigenvalue weighted by Gasteiger charge is -2.28. The molecule has 0 bridgehead atoms. The molecular formula is C23H32Si2. The van der Waals surface area contributed by atoms with E-state index in [1.54, 1.807) is 0 Å². The number of rotatable bonds is 6. The van der Waals surface area contributed by atoms with E-state index in [2.05, 4.69) is 113 Å². The average molecular weight is 365 g/mol. The second kappa shape index (κ2) is 6.93. The Kier molecular flexibility index (Phi) is 5.45. The zero-order valence-corrected chi connectivity index (χ0v) is 18.7. The molecule has 0 saturated heterocycles. The summed E-state index contributed by atoms with van der Waals surface area (Å²) in [4.78, 5) is 0. The lowest BCUT2D eigenvalue weighted by molar-refractivity contribution is 0.641. The van der Waals surface area contributed by atoms with Gasteiger partial charge in [0.15, 0.2) is 0 Å². The second-order valence-electron chi connectivity index (χ2n) is 8.63. The van der Waals surface area contributed by atoms with Crippen LogP contribution >= 0.6 is 0 Å². The van der Waals surface area contributed by atoms with Gasteiger partial charge in [-0.3, -0.25) is 0 Å². The molecule has 0 aliphatic heterocycles. The van der Waals surface area contributed by atoms with Gasteiger partial charge in [-0.05, 0) is 11.1 Å². The van der Waals surface area contributed by atoms with Crippen molar-refractivity contribution in [1.29, 1.82) is 0 Å². The molecule has 0 unspecified atom stereocenters. The van der Waals surface area contributed by atoms with Crippen molar-refractivity contribution in [2.24, 2.45) is 0 Å². The van der Waals surface area contributed by atoms with Crippen molar-refractivity contribution in [2.45, 2.75) is 45.5 Å². The third-order valence-corrected chi connectivity index (χ3v) is 11.4. The zero-order valence-electron chi connectivity index (χ0n) is 16.7. The molecule has 0 saturated carbocycles. The van der Waals surface area contributed by atoms with Gasteiger partial charge in [0.1, 0.15) is 16.1 Å². The molecule has 0 aliphatic rings. The summed E-state index contributed by atoms with van der Waals surface area (Å²) >= 11 is 0. The molecule has 0 aromatic heterocycles. The first kappa shape index (κ1) is 19.7. The van der Waals surface area contributed by atoms with Crippen LogP contribution in [0.4, 0.5) is 0 Å². The van der Waals surface area contributed by atoms with Gasteiger partial charge in [0.2, 0.25) is 0 Å². The molecule has 0 atom stereocenters. The Hall–Kier alpha value is -1.65. The first-order valence-corrected chi connectivity index (χ1v) is 15.2. The standard InChI is InChI=1S/C23H32Si2/c1-9-24(5,6)21-15-11-19(12-16-21)23(3,4)20-13-17-22(18-14-20)25(7,8)10-2/h9-18H,1-2H2,3-8H3. The third-order valence-electron chi connectivity index (χ3n) is 5.72. The van der Waals surface area contributed by atoms with Crippen LogP contribution < -0.4 is 10.4 Å². The smallest absolute Gasteiger partial charge is 0.103 e. The molecule has 2 aromatic carbocycles. The summed E-state index contributed by atoms with van der Waals surface area (Å²) < 4.78 is 0. The van der Waals surface area contributed by atoms with Crippen molar-refractivity contribution >= 4 is 26.5 Å². The van der Waals surface area contributed by atoms with Gasteiger partial charge in [0.05, 0.1) is 0 Å². The predicted molar refractivity (Wildman–Crippen MR) is 120 cm³/mol. The Morgan fingerprint density at radius 1 is 0.640 bits per heavy atom. The van der Waals surface area contributed by atoms with Crippen LogP contribution in [0.3, 0.4) is 0 Å². The fraction of sp³-hybridized carbons (Fsp3) is 0.304. The van der Waals surface area contributed by atoms with Crippen molar-refractivity contribution in [3.05, 3.63) is 84.2 Å². The van der Waals surface area contributed by atoms with Crippen LogP contribution in [0.2, 0.25) is 26.2 Å². The van der Waals surface area contributed by atoms with Gasteiger partial charge < -0.3 is 0 Å². The van der Waals surface area contributed by atoms with E-state index in [9.17, 15) is 0 Å². The molecule has 0 radical (unpaired) electrons. The maximum absolute atomic E-state index is 4.02. The van der Waals surface area contributed by atoms with E-state index in [-0.39, 0.29) is 5.41 Å². The van der Waals surface area contributed by atoms with Crippen molar-refractivity contribution in [1.82, 2.24) is 0 Å². The Balaban J connectivity index is 2.35. The summed E-state index contributed by atoms with van der Waals surface area (Å²) in [5, 5.41) is 2.88. The van der Waals surface area contributed by atoms with Gasteiger partial charge in [-0.2, -0.15) is 0 Å². The molecule has 25 heavy (non-hydrogen) atoms. The summed E-state index contributed by atoms with van der Waals surface area (Å²) in [6.45, 7) is 22.0. The predicted octanol–water partition coefficient (Wildman–Crippen LogP) is 5.29. The molecule has 0 heterocycles. The van der Waals surface area contributed by atoms with Crippen LogP contribution in [0.1, 0.15) is 25.0 Å². The fourth-order valence-electron chi connectivity index (χ4n) is 3.04. The van der Waals surface area contributed by atoms with Crippen LogP contribution in [-0.2, 0) is 5.41 Å². The Bertz CT molecular complexity index is 682. The normalized spacial score (nSPS) is 12.7. The minimum atomic E-state index is -1.49. The first-order chi connectivity index (χ1) is 11.5. The topological polar surface area (TPSA) is 0 Å². The van der Waals surface area contributed by atoms with Crippen LogP contribution in [0, 0.1) is 0 Å². The summed E-state index contributed by atoms with van der Waals surface area (Å²) in [6, 6.07) is 18.4. The molecule has 0 N–H and O–H groups in total. The van der Waals surface area contributed by atoms with Crippen LogP contribution in [0.15, 0.2) is 73.1 Å². The molecule has 0 nitrogen and oxygen atoms in total. The highest BCUT2D eigenvalue weighted by Gasteiger charge is 2.26. The van der Waals surface area contributed by atoms with Crippen LogP contribution in [0.25, 0.3) is 0 Å². The number of hydrogen-bond donors (Lipinski definition) is 0. The highest BCUT2D eigenvalue weighted by atomic mass is 28.3. The lowest BCUT2D eigenvalue weighted by Crippen LogP contribution is -2.39. The van der Waals surface area contributed by atoms with Gasteiger partial charge in [-0.25, -0.2) is 0 Å². The van der Waals surface area contributed by atoms with Crippen molar-refractivity contribution in [3.63, 3.8) is 0 Å². The molecule has 132 valence electrons. The maximum Gasteiger partial charge on any atom is 0.103 e. The number of hydrogen-bond acceptors (Lipinski definition) is 0. The quantitative estimate of drug-likeness (QED) is 0.611. The minimum absolute atomic E-state index is 0.00316. The molecule has 0 fully saturated rings. The van der Waals surface area contributed by atoms with Crippen LogP contribution in [0.5, 0.6) is 0 Å². The van der Waals surface area contributed by atoms with Gasteiger partial charge in [0, 0.05) is 5.41 Å². The molecule has 2 aromatic rings. The van der Waals surface area contributed by atoms with E-state index in [4.69, 9.17) is 0 Å². The van der Waals surface area contributed by atoms with Crippen LogP contribution in [-0.4, -0.2) is 16.1 Å². The van der Waals surface area contributed by atoms with Gasteiger partial charge in [-0.1, -0.05) is 110 Å². The first-order valence-electron chi connectivity index (χ1n) is 9.04. The van der Waals surface area contributed by atoms with Crippen molar-refractivity contribution in [3.8, 4) is 0 Å². The van der Waals surface area contributed by atoms with Crippen molar-refractivity contribution in [2.75, 3.05) is 0 Å². The highest BCUT2D eigenvalue weighted by Crippen LogP contribution is 2.31. The summed E-state index contributed by atoms with van der Waals surface area (Å²) in [5.41, 5.74) is 7.02. The molecule has 0 aliphatic carbocycles.